The van der Waals surface area contributed by atoms with Gasteiger partial charge in [-0.05, 0) is 30.2 Å². The number of ether oxygens (including phenoxy) is 1. The van der Waals surface area contributed by atoms with E-state index in [1.54, 1.807) is 24.2 Å². The van der Waals surface area contributed by atoms with Gasteiger partial charge < -0.3 is 4.74 Å². The Morgan fingerprint density at radius 2 is 2.12 bits per heavy atom. The topological polar surface area (TPSA) is 65.0 Å². The Kier molecular flexibility index (Phi) is 5.14. The van der Waals surface area contributed by atoms with Crippen LogP contribution in [0.1, 0.15) is 54.2 Å². The standard InChI is InChI=1S/C18H21N3O2S/c1-3-24-17-20-12-14(16(22)23-2)15(21-17)18(8-4-5-9-18)13-7-6-10-19-11-13/h6-7,10-12H,3-5,8-9H2,1-2H3. The largest absolute Gasteiger partial charge is 0.465 e. The Balaban J connectivity index is 2.19. The highest BCUT2D eigenvalue weighted by atomic mass is 32.2. The van der Waals surface area contributed by atoms with Crippen LogP contribution in [0, 0.1) is 0 Å². The number of hydrogen-bond donors (Lipinski definition) is 0. The van der Waals surface area contributed by atoms with E-state index in [0.29, 0.717) is 10.7 Å². The fourth-order valence-corrected chi connectivity index (χ4v) is 4.02. The fourth-order valence-electron chi connectivity index (χ4n) is 3.48. The molecule has 126 valence electrons. The third-order valence-electron chi connectivity index (χ3n) is 4.57. The van der Waals surface area contributed by atoms with E-state index in [9.17, 15) is 4.79 Å². The summed E-state index contributed by atoms with van der Waals surface area (Å²) >= 11 is 1.58. The molecule has 0 aliphatic heterocycles. The molecule has 1 aliphatic carbocycles. The summed E-state index contributed by atoms with van der Waals surface area (Å²) in [5.41, 5.74) is 2.07. The molecule has 24 heavy (non-hydrogen) atoms. The second kappa shape index (κ2) is 7.30. The number of hydrogen-bond acceptors (Lipinski definition) is 6. The number of pyridine rings is 1. The monoisotopic (exact) mass is 343 g/mol. The zero-order valence-electron chi connectivity index (χ0n) is 14.0. The lowest BCUT2D eigenvalue weighted by atomic mass is 9.75. The van der Waals surface area contributed by atoms with Crippen LogP contribution in [-0.4, -0.2) is 33.8 Å². The van der Waals surface area contributed by atoms with Crippen LogP contribution in [-0.2, 0) is 10.2 Å². The van der Waals surface area contributed by atoms with Crippen molar-refractivity contribution in [1.82, 2.24) is 15.0 Å². The summed E-state index contributed by atoms with van der Waals surface area (Å²) in [5.74, 6) is 0.505. The number of rotatable bonds is 5. The Morgan fingerprint density at radius 1 is 1.33 bits per heavy atom. The van der Waals surface area contributed by atoms with E-state index in [2.05, 4.69) is 23.0 Å². The number of esters is 1. The average molecular weight is 343 g/mol. The van der Waals surface area contributed by atoms with Crippen LogP contribution in [0.5, 0.6) is 0 Å². The van der Waals surface area contributed by atoms with Gasteiger partial charge in [-0.15, -0.1) is 0 Å². The zero-order chi connectivity index (χ0) is 17.0. The number of carbonyl (C=O) groups excluding carboxylic acids is 1. The number of methoxy groups -OCH3 is 1. The molecule has 0 atom stereocenters. The van der Waals surface area contributed by atoms with E-state index in [4.69, 9.17) is 9.72 Å². The second-order valence-electron chi connectivity index (χ2n) is 5.87. The number of aromatic nitrogens is 3. The Bertz CT molecular complexity index is 715. The van der Waals surface area contributed by atoms with Gasteiger partial charge in [-0.3, -0.25) is 4.98 Å². The van der Waals surface area contributed by atoms with Crippen LogP contribution < -0.4 is 0 Å². The van der Waals surface area contributed by atoms with Crippen molar-refractivity contribution < 1.29 is 9.53 Å². The SMILES string of the molecule is CCSc1ncc(C(=O)OC)c(C2(c3cccnc3)CCCC2)n1. The van der Waals surface area contributed by atoms with Crippen molar-refractivity contribution >= 4 is 17.7 Å². The maximum absolute atomic E-state index is 12.3. The first-order valence-corrected chi connectivity index (χ1v) is 9.19. The molecule has 1 fully saturated rings. The van der Waals surface area contributed by atoms with Gasteiger partial charge in [0.2, 0.25) is 0 Å². The molecule has 0 bridgehead atoms. The molecule has 1 saturated carbocycles. The molecule has 0 amide bonds. The highest BCUT2D eigenvalue weighted by molar-refractivity contribution is 7.99. The third-order valence-corrected chi connectivity index (χ3v) is 5.31. The van der Waals surface area contributed by atoms with E-state index < -0.39 is 0 Å². The van der Waals surface area contributed by atoms with Crippen molar-refractivity contribution in [3.8, 4) is 0 Å². The number of nitrogens with zero attached hydrogens (tertiary/aromatic N) is 3. The van der Waals surface area contributed by atoms with Gasteiger partial charge in [0.15, 0.2) is 5.16 Å². The molecule has 3 rings (SSSR count). The summed E-state index contributed by atoms with van der Waals surface area (Å²) in [7, 11) is 1.40. The van der Waals surface area contributed by atoms with Crippen LogP contribution in [0.3, 0.4) is 0 Å². The van der Waals surface area contributed by atoms with Crippen molar-refractivity contribution in [3.05, 3.63) is 47.5 Å². The smallest absolute Gasteiger partial charge is 0.341 e. The summed E-state index contributed by atoms with van der Waals surface area (Å²) < 4.78 is 4.98. The molecule has 2 aromatic heterocycles. The van der Waals surface area contributed by atoms with Crippen LogP contribution in [0.4, 0.5) is 0 Å². The number of carbonyl (C=O) groups is 1. The molecule has 2 aromatic rings. The molecule has 6 heteroatoms. The molecule has 5 nitrogen and oxygen atoms in total. The van der Waals surface area contributed by atoms with Crippen molar-refractivity contribution in [1.29, 1.82) is 0 Å². The van der Waals surface area contributed by atoms with E-state index in [1.807, 2.05) is 12.3 Å². The molecular weight excluding hydrogens is 322 g/mol. The minimum absolute atomic E-state index is 0.288. The average Bonchev–Trinajstić information content (AvgIpc) is 3.13. The van der Waals surface area contributed by atoms with Gasteiger partial charge >= 0.3 is 5.97 Å². The van der Waals surface area contributed by atoms with Crippen molar-refractivity contribution in [2.24, 2.45) is 0 Å². The maximum atomic E-state index is 12.3. The first-order valence-electron chi connectivity index (χ1n) is 8.20. The molecular formula is C18H21N3O2S. The molecule has 0 saturated heterocycles. The van der Waals surface area contributed by atoms with Crippen LogP contribution in [0.25, 0.3) is 0 Å². The summed E-state index contributed by atoms with van der Waals surface area (Å²) in [4.78, 5) is 25.7. The van der Waals surface area contributed by atoms with Crippen molar-refractivity contribution in [2.45, 2.75) is 43.2 Å². The Hall–Kier alpha value is -1.95. The van der Waals surface area contributed by atoms with Crippen molar-refractivity contribution in [2.75, 3.05) is 12.9 Å². The minimum atomic E-state index is -0.381. The highest BCUT2D eigenvalue weighted by Gasteiger charge is 2.42. The van der Waals surface area contributed by atoms with E-state index in [0.717, 1.165) is 42.7 Å². The summed E-state index contributed by atoms with van der Waals surface area (Å²) in [6.07, 6.45) is 9.40. The minimum Gasteiger partial charge on any atom is -0.465 e. The van der Waals surface area contributed by atoms with Gasteiger partial charge in [0, 0.05) is 24.0 Å². The summed E-state index contributed by atoms with van der Waals surface area (Å²) in [6, 6.07) is 4.02. The van der Waals surface area contributed by atoms with Gasteiger partial charge in [-0.1, -0.05) is 37.6 Å². The lowest BCUT2D eigenvalue weighted by molar-refractivity contribution is 0.0596. The Morgan fingerprint density at radius 3 is 2.75 bits per heavy atom. The predicted molar refractivity (Wildman–Crippen MR) is 93.3 cm³/mol. The molecule has 0 unspecified atom stereocenters. The predicted octanol–water partition coefficient (Wildman–Crippen LogP) is 3.63. The highest BCUT2D eigenvalue weighted by Crippen LogP contribution is 2.46. The molecule has 0 N–H and O–H groups in total. The summed E-state index contributed by atoms with van der Waals surface area (Å²) in [6.45, 7) is 2.06. The third kappa shape index (κ3) is 3.02. The normalized spacial score (nSPS) is 16.1. The summed E-state index contributed by atoms with van der Waals surface area (Å²) in [5, 5.41) is 0.704. The first-order chi connectivity index (χ1) is 11.7. The Labute approximate surface area is 146 Å². The molecule has 1 aliphatic rings. The maximum Gasteiger partial charge on any atom is 0.341 e. The second-order valence-corrected chi connectivity index (χ2v) is 7.10. The molecule has 0 radical (unpaired) electrons. The van der Waals surface area contributed by atoms with Crippen LogP contribution in [0.15, 0.2) is 35.9 Å². The number of thioether (sulfide) groups is 1. The van der Waals surface area contributed by atoms with Crippen molar-refractivity contribution in [3.63, 3.8) is 0 Å². The lowest BCUT2D eigenvalue weighted by Crippen LogP contribution is -2.29. The van der Waals surface area contributed by atoms with Crippen LogP contribution >= 0.6 is 11.8 Å². The quantitative estimate of drug-likeness (QED) is 0.469. The van der Waals surface area contributed by atoms with E-state index in [-0.39, 0.29) is 11.4 Å². The van der Waals surface area contributed by atoms with Gasteiger partial charge in [0.1, 0.15) is 5.56 Å². The molecule has 2 heterocycles. The lowest BCUT2D eigenvalue weighted by Gasteiger charge is -2.30. The van der Waals surface area contributed by atoms with Crippen LogP contribution in [0.2, 0.25) is 0 Å². The van der Waals surface area contributed by atoms with E-state index in [1.165, 1.54) is 7.11 Å². The molecule has 0 spiro atoms. The zero-order valence-corrected chi connectivity index (χ0v) is 14.8. The van der Waals surface area contributed by atoms with Gasteiger partial charge in [-0.25, -0.2) is 14.8 Å². The molecule has 0 aromatic carbocycles. The van der Waals surface area contributed by atoms with Gasteiger partial charge in [0.05, 0.1) is 12.8 Å². The van der Waals surface area contributed by atoms with E-state index >= 15 is 0 Å². The van der Waals surface area contributed by atoms with Gasteiger partial charge in [0.25, 0.3) is 0 Å². The fraction of sp³-hybridized carbons (Fsp3) is 0.444. The van der Waals surface area contributed by atoms with Gasteiger partial charge in [-0.2, -0.15) is 0 Å². The first kappa shape index (κ1) is 16.9.